The van der Waals surface area contributed by atoms with Crippen molar-refractivity contribution < 1.29 is 35.5 Å². The van der Waals surface area contributed by atoms with Crippen molar-refractivity contribution in [2.45, 2.75) is 18.0 Å². The molecular formula is C10H7F7O. The van der Waals surface area contributed by atoms with E-state index in [-0.39, 0.29) is 0 Å². The van der Waals surface area contributed by atoms with Crippen LogP contribution >= 0.6 is 0 Å². The molecule has 0 radical (unpaired) electrons. The highest BCUT2D eigenvalue weighted by molar-refractivity contribution is 5.27. The van der Waals surface area contributed by atoms with Crippen molar-refractivity contribution in [3.8, 4) is 0 Å². The van der Waals surface area contributed by atoms with Crippen LogP contribution in [0.5, 0.6) is 0 Å². The Morgan fingerprint density at radius 1 is 0.833 bits per heavy atom. The van der Waals surface area contributed by atoms with E-state index in [1.54, 1.807) is 0 Å². The molecule has 0 aliphatic rings. The molecule has 0 aromatic heterocycles. The lowest BCUT2D eigenvalue weighted by Crippen LogP contribution is -2.55. The van der Waals surface area contributed by atoms with Gasteiger partial charge in [0.2, 0.25) is 0 Å². The molecule has 8 heteroatoms. The van der Waals surface area contributed by atoms with Crippen molar-refractivity contribution in [1.29, 1.82) is 0 Å². The number of ether oxygens (including phenoxy) is 1. The maximum Gasteiger partial charge on any atom is 0.430 e. The zero-order valence-electron chi connectivity index (χ0n) is 8.65. The van der Waals surface area contributed by atoms with Gasteiger partial charge in [-0.1, -0.05) is 30.3 Å². The lowest BCUT2D eigenvalue weighted by Gasteiger charge is -2.36. The number of hydrogen-bond acceptors (Lipinski definition) is 1. The first-order chi connectivity index (χ1) is 8.17. The zero-order valence-corrected chi connectivity index (χ0v) is 8.65. The smallest absolute Gasteiger partial charge is 0.322 e. The van der Waals surface area contributed by atoms with Crippen molar-refractivity contribution >= 4 is 0 Å². The molecule has 0 heterocycles. The lowest BCUT2D eigenvalue weighted by molar-refractivity contribution is -0.395. The third-order valence-electron chi connectivity index (χ3n) is 2.25. The van der Waals surface area contributed by atoms with Crippen molar-refractivity contribution in [3.63, 3.8) is 0 Å². The van der Waals surface area contributed by atoms with Crippen molar-refractivity contribution in [1.82, 2.24) is 0 Å². The summed E-state index contributed by atoms with van der Waals surface area (Å²) >= 11 is 0. The summed E-state index contributed by atoms with van der Waals surface area (Å²) in [7, 11) is 0. The lowest BCUT2D eigenvalue weighted by atomic mass is 9.92. The van der Waals surface area contributed by atoms with E-state index >= 15 is 0 Å². The molecule has 0 N–H and O–H groups in total. The van der Waals surface area contributed by atoms with E-state index in [0.29, 0.717) is 12.1 Å². The Morgan fingerprint density at radius 2 is 1.28 bits per heavy atom. The Bertz CT molecular complexity index is 367. The summed E-state index contributed by atoms with van der Waals surface area (Å²) in [6.45, 7) is -2.21. The minimum atomic E-state index is -5.83. The van der Waals surface area contributed by atoms with Gasteiger partial charge in [0.05, 0.1) is 0 Å². The van der Waals surface area contributed by atoms with E-state index in [9.17, 15) is 30.7 Å². The quantitative estimate of drug-likeness (QED) is 0.759. The molecule has 1 nitrogen and oxygen atoms in total. The Labute approximate surface area is 97.2 Å². The number of rotatable bonds is 3. The van der Waals surface area contributed by atoms with Crippen LogP contribution in [-0.4, -0.2) is 19.2 Å². The maximum atomic E-state index is 12.7. The third kappa shape index (κ3) is 2.29. The van der Waals surface area contributed by atoms with E-state index in [1.165, 1.54) is 6.07 Å². The standard InChI is InChI=1S/C10H7F7O/c11-6-18-8(9(12,13)14,10(15,16)17)7-4-2-1-3-5-7/h1-5H,6H2. The molecule has 0 saturated carbocycles. The molecule has 1 rings (SSSR count). The van der Waals surface area contributed by atoms with Gasteiger partial charge in [0, 0.05) is 5.56 Å². The average molecular weight is 276 g/mol. The molecule has 0 unspecified atom stereocenters. The summed E-state index contributed by atoms with van der Waals surface area (Å²) in [6, 6.07) is 4.34. The van der Waals surface area contributed by atoms with Gasteiger partial charge in [0.1, 0.15) is 0 Å². The van der Waals surface area contributed by atoms with Gasteiger partial charge in [-0.3, -0.25) is 0 Å². The number of benzene rings is 1. The van der Waals surface area contributed by atoms with Gasteiger partial charge in [-0.05, 0) is 0 Å². The molecule has 0 aliphatic heterocycles. The highest BCUT2D eigenvalue weighted by Gasteiger charge is 2.73. The minimum absolute atomic E-state index is 0.580. The highest BCUT2D eigenvalue weighted by Crippen LogP contribution is 2.52. The monoisotopic (exact) mass is 276 g/mol. The van der Waals surface area contributed by atoms with E-state index < -0.39 is 30.4 Å². The van der Waals surface area contributed by atoms with Gasteiger partial charge < -0.3 is 4.74 Å². The van der Waals surface area contributed by atoms with Gasteiger partial charge in [-0.25, -0.2) is 4.39 Å². The Balaban J connectivity index is 3.50. The molecule has 0 atom stereocenters. The van der Waals surface area contributed by atoms with Crippen LogP contribution in [0.25, 0.3) is 0 Å². The summed E-state index contributed by atoms with van der Waals surface area (Å²) < 4.78 is 91.8. The first-order valence-corrected chi connectivity index (χ1v) is 4.55. The van der Waals surface area contributed by atoms with Crippen LogP contribution in [0.3, 0.4) is 0 Å². The Morgan fingerprint density at radius 3 is 1.61 bits per heavy atom. The van der Waals surface area contributed by atoms with Crippen LogP contribution in [-0.2, 0) is 10.3 Å². The average Bonchev–Trinajstić information content (AvgIpc) is 2.23. The molecular weight excluding hydrogens is 269 g/mol. The largest absolute Gasteiger partial charge is 0.430 e. The molecule has 1 aromatic carbocycles. The fourth-order valence-electron chi connectivity index (χ4n) is 1.49. The summed E-state index contributed by atoms with van der Waals surface area (Å²) in [6.07, 6.45) is -11.7. The molecule has 0 fully saturated rings. The molecule has 102 valence electrons. The summed E-state index contributed by atoms with van der Waals surface area (Å²) in [4.78, 5) is 0. The second kappa shape index (κ2) is 4.75. The molecule has 0 bridgehead atoms. The summed E-state index contributed by atoms with van der Waals surface area (Å²) in [5.41, 5.74) is -5.88. The van der Waals surface area contributed by atoms with Crippen molar-refractivity contribution in [2.24, 2.45) is 0 Å². The zero-order chi connectivity index (χ0) is 14.0. The Hall–Kier alpha value is -1.31. The van der Waals surface area contributed by atoms with Crippen LogP contribution in [0.2, 0.25) is 0 Å². The fourth-order valence-corrected chi connectivity index (χ4v) is 1.49. The van der Waals surface area contributed by atoms with Crippen molar-refractivity contribution in [3.05, 3.63) is 35.9 Å². The van der Waals surface area contributed by atoms with E-state index in [2.05, 4.69) is 4.74 Å². The molecule has 18 heavy (non-hydrogen) atoms. The SMILES string of the molecule is FCOC(c1ccccc1)(C(F)(F)F)C(F)(F)F. The molecule has 0 amide bonds. The topological polar surface area (TPSA) is 9.23 Å². The Kier molecular flexibility index (Phi) is 3.89. The second-order valence-corrected chi connectivity index (χ2v) is 3.30. The molecule has 0 aliphatic carbocycles. The van der Waals surface area contributed by atoms with Crippen LogP contribution in [0.4, 0.5) is 30.7 Å². The summed E-state index contributed by atoms with van der Waals surface area (Å²) in [5, 5.41) is 0. The van der Waals surface area contributed by atoms with Gasteiger partial charge in [-0.2, -0.15) is 26.3 Å². The van der Waals surface area contributed by atoms with Gasteiger partial charge in [-0.15, -0.1) is 0 Å². The van der Waals surface area contributed by atoms with Gasteiger partial charge >= 0.3 is 12.4 Å². The van der Waals surface area contributed by atoms with E-state index in [1.807, 2.05) is 0 Å². The molecule has 0 saturated heterocycles. The van der Waals surface area contributed by atoms with Gasteiger partial charge in [0.25, 0.3) is 5.60 Å². The molecule has 0 spiro atoms. The van der Waals surface area contributed by atoms with Gasteiger partial charge in [0.15, 0.2) is 6.86 Å². The fraction of sp³-hybridized carbons (Fsp3) is 0.400. The first-order valence-electron chi connectivity index (χ1n) is 4.55. The third-order valence-corrected chi connectivity index (χ3v) is 2.25. The van der Waals surface area contributed by atoms with E-state index in [0.717, 1.165) is 12.1 Å². The van der Waals surface area contributed by atoms with Crippen LogP contribution in [0, 0.1) is 0 Å². The molecule has 1 aromatic rings. The number of alkyl halides is 7. The number of halogens is 7. The minimum Gasteiger partial charge on any atom is -0.322 e. The number of hydrogen-bond donors (Lipinski definition) is 0. The first kappa shape index (κ1) is 14.7. The predicted octanol–water partition coefficient (Wildman–Crippen LogP) is 3.95. The van der Waals surface area contributed by atoms with Crippen LogP contribution < -0.4 is 0 Å². The van der Waals surface area contributed by atoms with Crippen molar-refractivity contribution in [2.75, 3.05) is 6.86 Å². The normalized spacial score (nSPS) is 13.7. The van der Waals surface area contributed by atoms with Crippen LogP contribution in [0.15, 0.2) is 30.3 Å². The van der Waals surface area contributed by atoms with Crippen LogP contribution in [0.1, 0.15) is 5.56 Å². The predicted molar refractivity (Wildman–Crippen MR) is 47.3 cm³/mol. The maximum absolute atomic E-state index is 12.7. The second-order valence-electron chi connectivity index (χ2n) is 3.30. The van der Waals surface area contributed by atoms with E-state index in [4.69, 9.17) is 0 Å². The summed E-state index contributed by atoms with van der Waals surface area (Å²) in [5.74, 6) is 0. The highest BCUT2D eigenvalue weighted by atomic mass is 19.4.